The first-order valence-corrected chi connectivity index (χ1v) is 10.6. The fourth-order valence-electron chi connectivity index (χ4n) is 2.72. The minimum Gasteiger partial charge on any atom is -0.423 e. The summed E-state index contributed by atoms with van der Waals surface area (Å²) in [6.07, 6.45) is 0. The molecule has 168 valence electrons. The molecule has 0 N–H and O–H groups in total. The second-order valence-electron chi connectivity index (χ2n) is 6.61. The van der Waals surface area contributed by atoms with Gasteiger partial charge in [0.15, 0.2) is 0 Å². The van der Waals surface area contributed by atoms with Gasteiger partial charge in [-0.15, -0.1) is 0 Å². The molecule has 0 heterocycles. The highest BCUT2D eigenvalue weighted by Gasteiger charge is 2.20. The molecule has 10 nitrogen and oxygen atoms in total. The van der Waals surface area contributed by atoms with E-state index in [1.807, 2.05) is 0 Å². The third-order valence-electron chi connectivity index (χ3n) is 4.20. The van der Waals surface area contributed by atoms with Gasteiger partial charge in [-0.25, -0.2) is 9.59 Å². The summed E-state index contributed by atoms with van der Waals surface area (Å²) in [6.45, 7) is 1.67. The molecule has 0 spiro atoms. The summed E-state index contributed by atoms with van der Waals surface area (Å²) in [6, 6.07) is 11.9. The van der Waals surface area contributed by atoms with Crippen LogP contribution in [0.15, 0.2) is 63.5 Å². The topological polar surface area (TPSA) is 139 Å². The van der Waals surface area contributed by atoms with E-state index in [-0.39, 0.29) is 42.9 Å². The summed E-state index contributed by atoms with van der Waals surface area (Å²) >= 11 is 6.08. The Bertz CT molecular complexity index is 1210. The third-order valence-corrected chi connectivity index (χ3v) is 5.54. The largest absolute Gasteiger partial charge is 0.423 e. The maximum Gasteiger partial charge on any atom is 0.343 e. The molecule has 3 aromatic rings. The molecule has 3 aromatic carbocycles. The fraction of sp³-hybridized carbons (Fsp3) is 0.0476. The van der Waals surface area contributed by atoms with Crippen molar-refractivity contribution in [3.63, 3.8) is 0 Å². The lowest BCUT2D eigenvalue weighted by Gasteiger charge is -2.10. The van der Waals surface area contributed by atoms with Crippen LogP contribution in [0.3, 0.4) is 0 Å². The van der Waals surface area contributed by atoms with E-state index < -0.39 is 21.8 Å². The van der Waals surface area contributed by atoms with Crippen molar-refractivity contribution in [2.75, 3.05) is 0 Å². The Labute approximate surface area is 202 Å². The Morgan fingerprint density at radius 3 is 1.48 bits per heavy atom. The number of nitrogens with zero attached hydrogens (tertiary/aromatic N) is 2. The number of rotatable bonds is 6. The highest BCUT2D eigenvalue weighted by atomic mass is 79.9. The van der Waals surface area contributed by atoms with E-state index in [1.165, 1.54) is 42.5 Å². The van der Waals surface area contributed by atoms with Crippen LogP contribution in [0.25, 0.3) is 0 Å². The molecule has 0 aromatic heterocycles. The molecule has 12 heteroatoms. The van der Waals surface area contributed by atoms with Crippen LogP contribution < -0.4 is 9.47 Å². The Morgan fingerprint density at radius 1 is 0.727 bits per heavy atom. The van der Waals surface area contributed by atoms with Crippen molar-refractivity contribution < 1.29 is 28.9 Å². The average Bonchev–Trinajstić information content (AvgIpc) is 2.73. The predicted octanol–water partition coefficient (Wildman–Crippen LogP) is 5.77. The van der Waals surface area contributed by atoms with Crippen LogP contribution in [0.5, 0.6) is 11.5 Å². The van der Waals surface area contributed by atoms with E-state index in [0.29, 0.717) is 5.56 Å². The summed E-state index contributed by atoms with van der Waals surface area (Å²) in [4.78, 5) is 45.8. The van der Waals surface area contributed by atoms with Crippen LogP contribution >= 0.6 is 31.9 Å². The molecule has 0 bridgehead atoms. The van der Waals surface area contributed by atoms with Crippen LogP contribution in [-0.2, 0) is 0 Å². The minimum absolute atomic E-state index is 0.0372. The van der Waals surface area contributed by atoms with Crippen LogP contribution in [0, 0.1) is 27.2 Å². The number of halogens is 2. The molecule has 0 saturated heterocycles. The Kier molecular flexibility index (Phi) is 7.19. The number of hydrogen-bond donors (Lipinski definition) is 0. The van der Waals surface area contributed by atoms with Gasteiger partial charge < -0.3 is 9.47 Å². The second-order valence-corrected chi connectivity index (χ2v) is 8.32. The van der Waals surface area contributed by atoms with Crippen molar-refractivity contribution in [3.8, 4) is 11.5 Å². The summed E-state index contributed by atoms with van der Waals surface area (Å²) in [7, 11) is 0. The lowest BCUT2D eigenvalue weighted by Crippen LogP contribution is -2.11. The molecule has 0 unspecified atom stereocenters. The van der Waals surface area contributed by atoms with Gasteiger partial charge in [0, 0.05) is 18.2 Å². The van der Waals surface area contributed by atoms with Crippen molar-refractivity contribution in [1.82, 2.24) is 0 Å². The standard InChI is InChI=1S/C21H12Br2N2O8/c1-11-6-14(32-20(26)12-2-4-16(22)18(8-12)24(28)29)10-15(7-11)33-21(27)13-3-5-17(23)19(9-13)25(30)31/h2-10H,1H3. The van der Waals surface area contributed by atoms with Crippen LogP contribution in [0.4, 0.5) is 11.4 Å². The molecule has 0 amide bonds. The number of hydrogen-bond acceptors (Lipinski definition) is 8. The van der Waals surface area contributed by atoms with Gasteiger partial charge >= 0.3 is 11.9 Å². The van der Waals surface area contributed by atoms with Crippen molar-refractivity contribution >= 4 is 55.2 Å². The number of carbonyl (C=O) groups is 2. The maximum atomic E-state index is 12.5. The number of benzene rings is 3. The molecule has 0 radical (unpaired) electrons. The number of nitro groups is 2. The van der Waals surface area contributed by atoms with E-state index in [2.05, 4.69) is 31.9 Å². The Hall–Kier alpha value is -3.64. The van der Waals surface area contributed by atoms with E-state index in [1.54, 1.807) is 6.92 Å². The number of esters is 2. The number of carbonyl (C=O) groups excluding carboxylic acids is 2. The Morgan fingerprint density at radius 2 is 1.12 bits per heavy atom. The first-order valence-electron chi connectivity index (χ1n) is 8.99. The number of nitro benzene ring substituents is 2. The van der Waals surface area contributed by atoms with E-state index in [0.717, 1.165) is 12.1 Å². The zero-order valence-electron chi connectivity index (χ0n) is 16.6. The molecule has 0 aliphatic carbocycles. The SMILES string of the molecule is Cc1cc(OC(=O)c2ccc(Br)c([N+](=O)[O-])c2)cc(OC(=O)c2ccc(Br)c([N+](=O)[O-])c2)c1. The van der Waals surface area contributed by atoms with Gasteiger partial charge in [0.1, 0.15) is 11.5 Å². The molecule has 0 aliphatic heterocycles. The van der Waals surface area contributed by atoms with Gasteiger partial charge in [-0.2, -0.15) is 0 Å². The van der Waals surface area contributed by atoms with Gasteiger partial charge in [0.05, 0.1) is 29.9 Å². The summed E-state index contributed by atoms with van der Waals surface area (Å²) in [5.74, 6) is -1.63. The first-order chi connectivity index (χ1) is 15.5. The highest BCUT2D eigenvalue weighted by Crippen LogP contribution is 2.29. The minimum atomic E-state index is -0.850. The normalized spacial score (nSPS) is 10.4. The lowest BCUT2D eigenvalue weighted by atomic mass is 10.2. The average molecular weight is 580 g/mol. The highest BCUT2D eigenvalue weighted by molar-refractivity contribution is 9.11. The van der Waals surface area contributed by atoms with E-state index in [4.69, 9.17) is 9.47 Å². The van der Waals surface area contributed by atoms with E-state index in [9.17, 15) is 29.8 Å². The molecule has 3 rings (SSSR count). The van der Waals surface area contributed by atoms with Crippen LogP contribution in [0.1, 0.15) is 26.3 Å². The van der Waals surface area contributed by atoms with Gasteiger partial charge in [0.25, 0.3) is 11.4 Å². The van der Waals surface area contributed by atoms with Crippen LogP contribution in [-0.4, -0.2) is 21.8 Å². The first kappa shape index (κ1) is 24.0. The van der Waals surface area contributed by atoms with Gasteiger partial charge in [-0.05, 0) is 80.7 Å². The molecular weight excluding hydrogens is 568 g/mol. The molecule has 0 fully saturated rings. The van der Waals surface area contributed by atoms with Crippen LogP contribution in [0.2, 0.25) is 0 Å². The maximum absolute atomic E-state index is 12.5. The van der Waals surface area contributed by atoms with Crippen molar-refractivity contribution in [3.05, 3.63) is 100 Å². The fourth-order valence-corrected chi connectivity index (χ4v) is 3.51. The lowest BCUT2D eigenvalue weighted by molar-refractivity contribution is -0.385. The van der Waals surface area contributed by atoms with E-state index >= 15 is 0 Å². The van der Waals surface area contributed by atoms with Crippen molar-refractivity contribution in [1.29, 1.82) is 0 Å². The zero-order chi connectivity index (χ0) is 24.3. The molecular formula is C21H12Br2N2O8. The number of ether oxygens (including phenoxy) is 2. The summed E-state index contributed by atoms with van der Waals surface area (Å²) in [5.41, 5.74) is -0.107. The molecule has 0 saturated carbocycles. The third kappa shape index (κ3) is 5.79. The van der Waals surface area contributed by atoms with Crippen molar-refractivity contribution in [2.24, 2.45) is 0 Å². The Balaban J connectivity index is 1.81. The summed E-state index contributed by atoms with van der Waals surface area (Å²) in [5, 5.41) is 22.2. The van der Waals surface area contributed by atoms with Gasteiger partial charge in [-0.3, -0.25) is 20.2 Å². The summed E-state index contributed by atoms with van der Waals surface area (Å²) < 4.78 is 11.0. The van der Waals surface area contributed by atoms with Crippen molar-refractivity contribution in [2.45, 2.75) is 6.92 Å². The quantitative estimate of drug-likeness (QED) is 0.155. The molecule has 33 heavy (non-hydrogen) atoms. The second kappa shape index (κ2) is 9.88. The number of aryl methyl sites for hydroxylation is 1. The smallest absolute Gasteiger partial charge is 0.343 e. The molecule has 0 aliphatic rings. The van der Waals surface area contributed by atoms with Gasteiger partial charge in [-0.1, -0.05) is 0 Å². The van der Waals surface area contributed by atoms with Gasteiger partial charge in [0.2, 0.25) is 0 Å². The predicted molar refractivity (Wildman–Crippen MR) is 123 cm³/mol. The monoisotopic (exact) mass is 578 g/mol. The molecule has 0 atom stereocenters. The zero-order valence-corrected chi connectivity index (χ0v) is 19.8.